The van der Waals surface area contributed by atoms with E-state index in [1.165, 1.54) is 6.33 Å². The molecule has 1 aromatic heterocycles. The molecule has 0 saturated carbocycles. The topological polar surface area (TPSA) is 44.1 Å². The van der Waals surface area contributed by atoms with Crippen LogP contribution in [0.25, 0.3) is 11.1 Å². The third-order valence-corrected chi connectivity index (χ3v) is 3.55. The second-order valence-electron chi connectivity index (χ2n) is 5.02. The number of hydrogen-bond donors (Lipinski definition) is 0. The van der Waals surface area contributed by atoms with Crippen LogP contribution in [-0.2, 0) is 9.53 Å². The zero-order chi connectivity index (χ0) is 16.1. The predicted octanol–water partition coefficient (Wildman–Crippen LogP) is 3.30. The molecule has 0 spiro atoms. The van der Waals surface area contributed by atoms with E-state index >= 15 is 0 Å². The van der Waals surface area contributed by atoms with E-state index in [1.807, 2.05) is 42.5 Å². The molecule has 0 aliphatic rings. The lowest BCUT2D eigenvalue weighted by Gasteiger charge is -2.16. The van der Waals surface area contributed by atoms with Gasteiger partial charge in [-0.25, -0.2) is 4.79 Å². The number of aromatic nitrogens is 2. The first kappa shape index (κ1) is 14.9. The van der Waals surface area contributed by atoms with Crippen LogP contribution in [0.1, 0.15) is 18.5 Å². The summed E-state index contributed by atoms with van der Waals surface area (Å²) in [5.74, 6) is -0.331. The van der Waals surface area contributed by atoms with Crippen LogP contribution in [0.3, 0.4) is 0 Å². The number of carbonyl (C=O) groups excluding carboxylic acids is 1. The Balaban J connectivity index is 1.93. The van der Waals surface area contributed by atoms with E-state index in [2.05, 4.69) is 29.5 Å². The van der Waals surface area contributed by atoms with Crippen molar-refractivity contribution in [1.29, 1.82) is 0 Å². The Kier molecular flexibility index (Phi) is 4.39. The summed E-state index contributed by atoms with van der Waals surface area (Å²) in [7, 11) is 0. The molecule has 114 valence electrons. The zero-order valence-corrected chi connectivity index (χ0v) is 12.8. The molecule has 4 heteroatoms. The fourth-order valence-corrected chi connectivity index (χ4v) is 2.46. The molecule has 0 fully saturated rings. The van der Waals surface area contributed by atoms with E-state index < -0.39 is 6.04 Å². The molecule has 3 rings (SSSR count). The fraction of sp³-hybridized carbons (Fsp3) is 0.158. The molecule has 0 amide bonds. The predicted molar refractivity (Wildman–Crippen MR) is 86.5 cm³/mol. The molecule has 0 aliphatic carbocycles. The maximum atomic E-state index is 12.3. The molecule has 4 nitrogen and oxygen atoms in total. The molecule has 1 unspecified atom stereocenters. The fourth-order valence-electron chi connectivity index (χ4n) is 2.46. The van der Waals surface area contributed by atoms with Crippen molar-refractivity contribution >= 4 is 5.97 Å². The van der Waals surface area contributed by atoms with Gasteiger partial charge in [-0.05, 0) is 23.6 Å². The minimum absolute atomic E-state index is 0.329. The quantitative estimate of drug-likeness (QED) is 0.679. The van der Waals surface area contributed by atoms with E-state index in [1.54, 1.807) is 11.5 Å². The Hall–Kier alpha value is -3.06. The standard InChI is InChI=1S/C19H16N2O2/c1-2-23-19(22)18(21-13-12-20-14-21)17-10-8-16(9-11-17)15-6-4-3-5-7-15/h3-11,14,18H,2H2,1H3. The maximum Gasteiger partial charge on any atom is 0.334 e. The average Bonchev–Trinajstić information content (AvgIpc) is 3.11. The lowest BCUT2D eigenvalue weighted by molar-refractivity contribution is -0.145. The summed E-state index contributed by atoms with van der Waals surface area (Å²) in [6, 6.07) is 17.3. The summed E-state index contributed by atoms with van der Waals surface area (Å²) in [5, 5.41) is 0. The summed E-state index contributed by atoms with van der Waals surface area (Å²) in [4.78, 5) is 16.1. The van der Waals surface area contributed by atoms with E-state index in [-0.39, 0.29) is 5.97 Å². The van der Waals surface area contributed by atoms with Gasteiger partial charge in [0.15, 0.2) is 6.04 Å². The van der Waals surface area contributed by atoms with Crippen LogP contribution in [0.4, 0.5) is 0 Å². The van der Waals surface area contributed by atoms with Gasteiger partial charge in [0.1, 0.15) is 6.33 Å². The number of nitrogens with zero attached hydrogens (tertiary/aromatic N) is 2. The van der Waals surface area contributed by atoms with Crippen molar-refractivity contribution in [2.45, 2.75) is 13.0 Å². The number of esters is 1. The SMILES string of the molecule is CCOC(=O)C(c1ccc(-c2ccccc2)cc1)n1c#cnc1. The third-order valence-electron chi connectivity index (χ3n) is 3.55. The van der Waals surface area contributed by atoms with E-state index in [0.29, 0.717) is 6.61 Å². The maximum absolute atomic E-state index is 12.3. The third kappa shape index (κ3) is 3.24. The van der Waals surface area contributed by atoms with E-state index in [9.17, 15) is 4.79 Å². The van der Waals surface area contributed by atoms with Gasteiger partial charge in [0.2, 0.25) is 0 Å². The molecule has 1 heterocycles. The van der Waals surface area contributed by atoms with E-state index in [4.69, 9.17) is 4.74 Å². The summed E-state index contributed by atoms with van der Waals surface area (Å²) in [5.41, 5.74) is 3.05. The zero-order valence-electron chi connectivity index (χ0n) is 12.8. The van der Waals surface area contributed by atoms with Crippen LogP contribution in [0.15, 0.2) is 60.9 Å². The lowest BCUT2D eigenvalue weighted by Crippen LogP contribution is -2.22. The summed E-state index contributed by atoms with van der Waals surface area (Å²) in [6.07, 6.45) is 6.92. The molecule has 1 atom stereocenters. The van der Waals surface area contributed by atoms with Crippen LogP contribution in [0, 0.1) is 12.4 Å². The Bertz CT molecular complexity index is 750. The Labute approximate surface area is 135 Å². The van der Waals surface area contributed by atoms with Crippen molar-refractivity contribution in [3.63, 3.8) is 0 Å². The molecule has 0 N–H and O–H groups in total. The van der Waals surface area contributed by atoms with Crippen molar-refractivity contribution in [2.24, 2.45) is 0 Å². The molecule has 2 aromatic carbocycles. The van der Waals surface area contributed by atoms with Crippen LogP contribution >= 0.6 is 0 Å². The lowest BCUT2D eigenvalue weighted by atomic mass is 10.0. The number of ether oxygens (including phenoxy) is 1. The first-order valence-electron chi connectivity index (χ1n) is 7.44. The second kappa shape index (κ2) is 6.80. The highest BCUT2D eigenvalue weighted by atomic mass is 16.5. The van der Waals surface area contributed by atoms with Gasteiger partial charge in [0.25, 0.3) is 0 Å². The minimum Gasteiger partial charge on any atom is -0.464 e. The van der Waals surface area contributed by atoms with Gasteiger partial charge < -0.3 is 4.74 Å². The van der Waals surface area contributed by atoms with Crippen molar-refractivity contribution in [2.75, 3.05) is 6.61 Å². The van der Waals surface area contributed by atoms with Crippen LogP contribution in [0.2, 0.25) is 0 Å². The molecular formula is C19H16N2O2. The first-order chi connectivity index (χ1) is 11.3. The normalized spacial score (nSPS) is 11.5. The summed E-state index contributed by atoms with van der Waals surface area (Å²) >= 11 is 0. The molecule has 3 aromatic rings. The molecule has 0 aliphatic heterocycles. The summed E-state index contributed by atoms with van der Waals surface area (Å²) < 4.78 is 6.75. The van der Waals surface area contributed by atoms with Gasteiger partial charge in [-0.1, -0.05) is 54.6 Å². The van der Waals surface area contributed by atoms with Crippen LogP contribution in [0.5, 0.6) is 0 Å². The van der Waals surface area contributed by atoms with Crippen molar-refractivity contribution in [1.82, 2.24) is 9.55 Å². The van der Waals surface area contributed by atoms with Gasteiger partial charge in [-0.15, -0.1) is 0 Å². The number of rotatable bonds is 5. The molecule has 0 saturated heterocycles. The Morgan fingerprint density at radius 2 is 1.83 bits per heavy atom. The van der Waals surface area contributed by atoms with Crippen LogP contribution < -0.4 is 0 Å². The largest absolute Gasteiger partial charge is 0.464 e. The number of benzene rings is 2. The van der Waals surface area contributed by atoms with Gasteiger partial charge >= 0.3 is 5.97 Å². The van der Waals surface area contributed by atoms with Gasteiger partial charge in [0, 0.05) is 6.20 Å². The van der Waals surface area contributed by atoms with Gasteiger partial charge in [-0.3, -0.25) is 4.57 Å². The monoisotopic (exact) mass is 304 g/mol. The molecule has 23 heavy (non-hydrogen) atoms. The van der Waals surface area contributed by atoms with Gasteiger partial charge in [-0.2, -0.15) is 4.98 Å². The molecular weight excluding hydrogens is 288 g/mol. The van der Waals surface area contributed by atoms with Crippen molar-refractivity contribution < 1.29 is 9.53 Å². The summed E-state index contributed by atoms with van der Waals surface area (Å²) in [6.45, 7) is 2.12. The number of hydrogen-bond acceptors (Lipinski definition) is 3. The first-order valence-corrected chi connectivity index (χ1v) is 7.44. The second-order valence-corrected chi connectivity index (χ2v) is 5.02. The van der Waals surface area contributed by atoms with Crippen molar-refractivity contribution in [3.05, 3.63) is 78.9 Å². The highest BCUT2D eigenvalue weighted by Gasteiger charge is 2.23. The number of carbonyl (C=O) groups is 1. The van der Waals surface area contributed by atoms with Crippen LogP contribution in [-0.4, -0.2) is 22.1 Å². The minimum atomic E-state index is -0.599. The van der Waals surface area contributed by atoms with Gasteiger partial charge in [0.05, 0.1) is 12.8 Å². The Morgan fingerprint density at radius 3 is 2.43 bits per heavy atom. The highest BCUT2D eigenvalue weighted by Crippen LogP contribution is 2.24. The highest BCUT2D eigenvalue weighted by molar-refractivity contribution is 5.78. The van der Waals surface area contributed by atoms with E-state index in [0.717, 1.165) is 16.7 Å². The van der Waals surface area contributed by atoms with Crippen molar-refractivity contribution in [3.8, 4) is 11.1 Å². The molecule has 0 bridgehead atoms. The Morgan fingerprint density at radius 1 is 1.13 bits per heavy atom. The smallest absolute Gasteiger partial charge is 0.334 e. The molecule has 0 radical (unpaired) electrons. The average molecular weight is 304 g/mol.